The van der Waals surface area contributed by atoms with E-state index in [1.54, 1.807) is 43.0 Å². The standard InChI is InChI=1S/C36H54F3N5O6/c1-24(2)33(42-31(36(37,38)39)11-7-6-8-17-44-26(4)25(3)22-32(44)46)35(48)41-30(10-9-16-43-18-20-49-21-19-43)34(47)40-29-14-12-28(13-15-29)23-50-27(5)45/h12-15,24-25,30-31,33,42H,4,6-11,16-23H2,1-3,5H3,(H,40,47)(H,41,48)/t25?,30-,31-,33-/m0/s1. The van der Waals surface area contributed by atoms with E-state index in [4.69, 9.17) is 9.47 Å². The number of halogens is 3. The van der Waals surface area contributed by atoms with Gasteiger partial charge in [-0.2, -0.15) is 13.2 Å². The first-order valence-electron chi connectivity index (χ1n) is 17.6. The highest BCUT2D eigenvalue weighted by Gasteiger charge is 2.42. The fraction of sp³-hybridized carbons (Fsp3) is 0.667. The molecule has 3 N–H and O–H groups in total. The summed E-state index contributed by atoms with van der Waals surface area (Å²) in [4.78, 5) is 54.2. The molecule has 4 atom stereocenters. The van der Waals surface area contributed by atoms with Gasteiger partial charge in [-0.1, -0.05) is 52.3 Å². The summed E-state index contributed by atoms with van der Waals surface area (Å²) in [5.41, 5.74) is 1.93. The zero-order chi connectivity index (χ0) is 36.8. The SMILES string of the molecule is C=C1C(C)CC(=O)N1CCCCC[C@H](N[C@H](C(=O)N[C@@H](CCCN1CCOCC1)C(=O)Nc1ccc(COC(C)=O)cc1)C(C)C)C(F)(F)F. The number of esters is 1. The fourth-order valence-electron chi connectivity index (χ4n) is 6.08. The number of ether oxygens (including phenoxy) is 2. The van der Waals surface area contributed by atoms with Crippen molar-refractivity contribution in [1.29, 1.82) is 0 Å². The van der Waals surface area contributed by atoms with Crippen LogP contribution in [0.25, 0.3) is 0 Å². The summed E-state index contributed by atoms with van der Waals surface area (Å²) < 4.78 is 53.1. The molecular weight excluding hydrogens is 655 g/mol. The van der Waals surface area contributed by atoms with Gasteiger partial charge >= 0.3 is 12.1 Å². The van der Waals surface area contributed by atoms with Crippen LogP contribution in [0.4, 0.5) is 18.9 Å². The molecule has 280 valence electrons. The Balaban J connectivity index is 1.63. The van der Waals surface area contributed by atoms with Gasteiger partial charge in [-0.15, -0.1) is 0 Å². The molecule has 11 nitrogen and oxygen atoms in total. The number of carbonyl (C=O) groups excluding carboxylic acids is 4. The van der Waals surface area contributed by atoms with Gasteiger partial charge in [0.2, 0.25) is 17.7 Å². The van der Waals surface area contributed by atoms with E-state index in [0.29, 0.717) is 57.7 Å². The van der Waals surface area contributed by atoms with Crippen LogP contribution in [0.3, 0.4) is 0 Å². The van der Waals surface area contributed by atoms with Gasteiger partial charge in [0, 0.05) is 50.3 Å². The third kappa shape index (κ3) is 13.3. The number of anilines is 1. The van der Waals surface area contributed by atoms with Gasteiger partial charge < -0.3 is 25.0 Å². The average Bonchev–Trinajstić information content (AvgIpc) is 3.30. The highest BCUT2D eigenvalue weighted by Crippen LogP contribution is 2.29. The Hall–Kier alpha value is -3.49. The topological polar surface area (TPSA) is 129 Å². The molecule has 0 spiro atoms. The number of benzene rings is 1. The van der Waals surface area contributed by atoms with E-state index in [9.17, 15) is 32.3 Å². The van der Waals surface area contributed by atoms with Crippen molar-refractivity contribution < 1.29 is 41.8 Å². The maximum atomic E-state index is 14.2. The molecule has 1 aromatic carbocycles. The zero-order valence-corrected chi connectivity index (χ0v) is 29.8. The number of carbonyl (C=O) groups is 4. The molecule has 14 heteroatoms. The summed E-state index contributed by atoms with van der Waals surface area (Å²) in [6.45, 7) is 14.5. The normalized spacial score (nSPS) is 19.0. The van der Waals surface area contributed by atoms with Crippen LogP contribution in [0.1, 0.15) is 78.2 Å². The van der Waals surface area contributed by atoms with Crippen molar-refractivity contribution in [3.8, 4) is 0 Å². The summed E-state index contributed by atoms with van der Waals surface area (Å²) in [5.74, 6) is -2.03. The summed E-state index contributed by atoms with van der Waals surface area (Å²) in [6.07, 6.45) is -2.31. The molecular formula is C36H54F3N5O6. The number of rotatable bonds is 19. The number of likely N-dealkylation sites (tertiary alicyclic amines) is 1. The Morgan fingerprint density at radius 2 is 1.68 bits per heavy atom. The van der Waals surface area contributed by atoms with Crippen LogP contribution in [0.15, 0.2) is 36.5 Å². The number of amides is 3. The monoisotopic (exact) mass is 709 g/mol. The second-order valence-electron chi connectivity index (χ2n) is 13.6. The number of alkyl halides is 3. The van der Waals surface area contributed by atoms with Crippen LogP contribution >= 0.6 is 0 Å². The quantitative estimate of drug-likeness (QED) is 0.139. The smallest absolute Gasteiger partial charge is 0.403 e. The van der Waals surface area contributed by atoms with E-state index in [0.717, 1.165) is 24.4 Å². The highest BCUT2D eigenvalue weighted by molar-refractivity contribution is 5.97. The third-order valence-electron chi connectivity index (χ3n) is 9.16. The van der Waals surface area contributed by atoms with Gasteiger partial charge in [0.15, 0.2) is 0 Å². The van der Waals surface area contributed by atoms with Gasteiger partial charge in [0.05, 0.1) is 19.3 Å². The molecule has 0 aliphatic carbocycles. The van der Waals surface area contributed by atoms with Crippen LogP contribution in [-0.4, -0.2) is 97.2 Å². The molecule has 0 saturated carbocycles. The lowest BCUT2D eigenvalue weighted by Crippen LogP contribution is -2.58. The molecule has 1 aromatic rings. The van der Waals surface area contributed by atoms with Gasteiger partial charge in [0.25, 0.3) is 0 Å². The van der Waals surface area contributed by atoms with E-state index >= 15 is 0 Å². The zero-order valence-electron chi connectivity index (χ0n) is 29.8. The number of hydrogen-bond donors (Lipinski definition) is 3. The molecule has 2 aliphatic rings. The Morgan fingerprint density at radius 3 is 2.26 bits per heavy atom. The Kier molecular flexibility index (Phi) is 16.2. The summed E-state index contributed by atoms with van der Waals surface area (Å²) >= 11 is 0. The van der Waals surface area contributed by atoms with Crippen molar-refractivity contribution in [3.05, 3.63) is 42.1 Å². The van der Waals surface area contributed by atoms with Crippen LogP contribution in [0.2, 0.25) is 0 Å². The largest absolute Gasteiger partial charge is 0.461 e. The molecule has 1 unspecified atom stereocenters. The first-order chi connectivity index (χ1) is 23.6. The van der Waals surface area contributed by atoms with E-state index in [1.165, 1.54) is 6.92 Å². The van der Waals surface area contributed by atoms with Crippen molar-refractivity contribution in [2.45, 2.75) is 104 Å². The van der Waals surface area contributed by atoms with Crippen LogP contribution in [-0.2, 0) is 35.3 Å². The molecule has 2 heterocycles. The lowest BCUT2D eigenvalue weighted by molar-refractivity contribution is -0.161. The van der Waals surface area contributed by atoms with Crippen LogP contribution < -0.4 is 16.0 Å². The second kappa shape index (κ2) is 19.8. The maximum Gasteiger partial charge on any atom is 0.403 e. The summed E-state index contributed by atoms with van der Waals surface area (Å²) in [7, 11) is 0. The summed E-state index contributed by atoms with van der Waals surface area (Å²) in [6, 6.07) is 2.56. The molecule has 50 heavy (non-hydrogen) atoms. The van der Waals surface area contributed by atoms with Gasteiger partial charge in [-0.3, -0.25) is 29.4 Å². The van der Waals surface area contributed by atoms with Gasteiger partial charge in [-0.25, -0.2) is 0 Å². The molecule has 2 fully saturated rings. The maximum absolute atomic E-state index is 14.2. The molecule has 3 rings (SSSR count). The number of morpholine rings is 1. The van der Waals surface area contributed by atoms with Crippen molar-refractivity contribution in [2.24, 2.45) is 11.8 Å². The molecule has 3 amide bonds. The van der Waals surface area contributed by atoms with E-state index < -0.39 is 48.0 Å². The van der Waals surface area contributed by atoms with Gasteiger partial charge in [-0.05, 0) is 55.8 Å². The minimum Gasteiger partial charge on any atom is -0.461 e. The molecule has 2 aliphatic heterocycles. The summed E-state index contributed by atoms with van der Waals surface area (Å²) in [5, 5.41) is 8.12. The average molecular weight is 710 g/mol. The minimum absolute atomic E-state index is 0.00893. The predicted octanol–water partition coefficient (Wildman–Crippen LogP) is 4.77. The van der Waals surface area contributed by atoms with Gasteiger partial charge in [0.1, 0.15) is 18.7 Å². The molecule has 0 aromatic heterocycles. The first kappa shape index (κ1) is 40.9. The Bertz CT molecular complexity index is 1290. The fourth-order valence-corrected chi connectivity index (χ4v) is 6.08. The number of hydrogen-bond acceptors (Lipinski definition) is 8. The van der Waals surface area contributed by atoms with Crippen molar-refractivity contribution in [1.82, 2.24) is 20.4 Å². The number of unbranched alkanes of at least 4 members (excludes halogenated alkanes) is 2. The molecule has 0 bridgehead atoms. The number of nitrogens with zero attached hydrogens (tertiary/aromatic N) is 2. The highest BCUT2D eigenvalue weighted by atomic mass is 19.4. The molecule has 2 saturated heterocycles. The first-order valence-corrected chi connectivity index (χ1v) is 17.6. The van der Waals surface area contributed by atoms with E-state index in [1.807, 2.05) is 6.92 Å². The second-order valence-corrected chi connectivity index (χ2v) is 13.6. The minimum atomic E-state index is -4.60. The van der Waals surface area contributed by atoms with Crippen molar-refractivity contribution in [2.75, 3.05) is 44.7 Å². The Labute approximate surface area is 293 Å². The van der Waals surface area contributed by atoms with Crippen molar-refractivity contribution >= 4 is 29.4 Å². The lowest BCUT2D eigenvalue weighted by Gasteiger charge is -2.31. The van der Waals surface area contributed by atoms with E-state index in [-0.39, 0.29) is 37.7 Å². The molecule has 0 radical (unpaired) electrons. The third-order valence-corrected chi connectivity index (χ3v) is 9.16. The lowest BCUT2D eigenvalue weighted by atomic mass is 9.99. The predicted molar refractivity (Wildman–Crippen MR) is 184 cm³/mol. The van der Waals surface area contributed by atoms with Crippen molar-refractivity contribution in [3.63, 3.8) is 0 Å². The van der Waals surface area contributed by atoms with E-state index in [2.05, 4.69) is 27.4 Å². The van der Waals surface area contributed by atoms with Crippen LogP contribution in [0, 0.1) is 11.8 Å². The van der Waals surface area contributed by atoms with Crippen LogP contribution in [0.5, 0.6) is 0 Å². The number of nitrogens with one attached hydrogen (secondary N) is 3. The number of allylic oxidation sites excluding steroid dienone is 1. The Morgan fingerprint density at radius 1 is 1.00 bits per heavy atom.